The highest BCUT2D eigenvalue weighted by Crippen LogP contribution is 2.27. The van der Waals surface area contributed by atoms with Crippen molar-refractivity contribution in [3.05, 3.63) is 28.8 Å². The largest absolute Gasteiger partial charge is 0.298 e. The Labute approximate surface area is 129 Å². The molecule has 1 atom stereocenters. The van der Waals surface area contributed by atoms with Crippen molar-refractivity contribution in [1.82, 2.24) is 9.21 Å². The number of nitriles is 1. The third-order valence-electron chi connectivity index (χ3n) is 4.25. The van der Waals surface area contributed by atoms with Gasteiger partial charge >= 0.3 is 0 Å². The molecule has 2 saturated heterocycles. The van der Waals surface area contributed by atoms with Crippen LogP contribution in [-0.2, 0) is 10.0 Å². The molecule has 2 fully saturated rings. The van der Waals surface area contributed by atoms with Gasteiger partial charge in [0.25, 0.3) is 0 Å². The van der Waals surface area contributed by atoms with Crippen molar-refractivity contribution in [3.63, 3.8) is 0 Å². The molecule has 112 valence electrons. The number of benzene rings is 1. The molecule has 0 N–H and O–H groups in total. The van der Waals surface area contributed by atoms with Crippen LogP contribution in [0.4, 0.5) is 0 Å². The van der Waals surface area contributed by atoms with Gasteiger partial charge in [-0.25, -0.2) is 8.42 Å². The average Bonchev–Trinajstić information content (AvgIpc) is 2.94. The third kappa shape index (κ3) is 2.67. The summed E-state index contributed by atoms with van der Waals surface area (Å²) in [6.07, 6.45) is 2.20. The Hall–Kier alpha value is -1.13. The van der Waals surface area contributed by atoms with Gasteiger partial charge in [0.1, 0.15) is 6.07 Å². The van der Waals surface area contributed by atoms with Gasteiger partial charge in [-0.15, -0.1) is 0 Å². The number of hydrogen-bond acceptors (Lipinski definition) is 4. The number of sulfonamides is 1. The van der Waals surface area contributed by atoms with Crippen molar-refractivity contribution in [3.8, 4) is 6.07 Å². The minimum atomic E-state index is -3.54. The molecular weight excluding hydrogens is 310 g/mol. The molecule has 0 amide bonds. The van der Waals surface area contributed by atoms with Gasteiger partial charge in [0.15, 0.2) is 0 Å². The lowest BCUT2D eigenvalue weighted by Gasteiger charge is -2.36. The fourth-order valence-electron chi connectivity index (χ4n) is 3.08. The number of rotatable bonds is 2. The fraction of sp³-hybridized carbons (Fsp3) is 0.500. The first-order valence-electron chi connectivity index (χ1n) is 6.96. The molecule has 0 unspecified atom stereocenters. The molecule has 5 nitrogen and oxygen atoms in total. The first-order chi connectivity index (χ1) is 10.0. The van der Waals surface area contributed by atoms with Crippen LogP contribution in [0, 0.1) is 11.3 Å². The Morgan fingerprint density at radius 2 is 2.10 bits per heavy atom. The highest BCUT2D eigenvalue weighted by Gasteiger charge is 2.36. The van der Waals surface area contributed by atoms with Crippen molar-refractivity contribution < 1.29 is 8.42 Å². The van der Waals surface area contributed by atoms with Gasteiger partial charge in [-0.2, -0.15) is 9.57 Å². The monoisotopic (exact) mass is 325 g/mol. The van der Waals surface area contributed by atoms with E-state index in [2.05, 4.69) is 4.90 Å². The van der Waals surface area contributed by atoms with Crippen LogP contribution < -0.4 is 0 Å². The summed E-state index contributed by atoms with van der Waals surface area (Å²) < 4.78 is 26.9. The number of fused-ring (bicyclic) bond motifs is 1. The molecular formula is C14H16ClN3O2S. The van der Waals surface area contributed by atoms with Crippen molar-refractivity contribution in [2.45, 2.75) is 23.8 Å². The van der Waals surface area contributed by atoms with E-state index in [-0.39, 0.29) is 15.5 Å². The molecule has 2 aliphatic heterocycles. The van der Waals surface area contributed by atoms with Crippen LogP contribution in [0.5, 0.6) is 0 Å². The quantitative estimate of drug-likeness (QED) is 0.830. The van der Waals surface area contributed by atoms with E-state index in [1.54, 1.807) is 0 Å². The molecule has 21 heavy (non-hydrogen) atoms. The molecule has 7 heteroatoms. The Morgan fingerprint density at radius 1 is 1.29 bits per heavy atom. The van der Waals surface area contributed by atoms with Crippen LogP contribution in [0.15, 0.2) is 23.1 Å². The Kier molecular flexibility index (Phi) is 3.93. The minimum Gasteiger partial charge on any atom is -0.298 e. The zero-order valence-corrected chi connectivity index (χ0v) is 13.1. The molecule has 3 rings (SSSR count). The normalized spacial score (nSPS) is 23.7. The van der Waals surface area contributed by atoms with E-state index in [1.165, 1.54) is 22.5 Å². The summed E-state index contributed by atoms with van der Waals surface area (Å²) in [5.74, 6) is 0. The van der Waals surface area contributed by atoms with Gasteiger partial charge in [-0.05, 0) is 37.6 Å². The lowest BCUT2D eigenvalue weighted by Crippen LogP contribution is -2.51. The van der Waals surface area contributed by atoms with E-state index in [0.29, 0.717) is 19.1 Å². The minimum absolute atomic E-state index is 0.165. The maximum Gasteiger partial charge on any atom is 0.243 e. The van der Waals surface area contributed by atoms with Crippen LogP contribution in [-0.4, -0.2) is 49.8 Å². The van der Waals surface area contributed by atoms with Crippen molar-refractivity contribution in [2.24, 2.45) is 0 Å². The van der Waals surface area contributed by atoms with Crippen LogP contribution in [0.25, 0.3) is 0 Å². The van der Waals surface area contributed by atoms with E-state index < -0.39 is 10.0 Å². The average molecular weight is 326 g/mol. The van der Waals surface area contributed by atoms with Gasteiger partial charge in [-0.3, -0.25) is 4.90 Å². The molecule has 2 heterocycles. The van der Waals surface area contributed by atoms with E-state index in [1.807, 2.05) is 6.07 Å². The maximum atomic E-state index is 12.7. The lowest BCUT2D eigenvalue weighted by molar-refractivity contribution is 0.158. The fourth-order valence-corrected chi connectivity index (χ4v) is 4.86. The molecule has 2 aliphatic rings. The Bertz CT molecular complexity index is 699. The summed E-state index contributed by atoms with van der Waals surface area (Å²) in [4.78, 5) is 2.52. The van der Waals surface area contributed by atoms with Gasteiger partial charge in [0, 0.05) is 25.7 Å². The second-order valence-corrected chi connectivity index (χ2v) is 7.79. The van der Waals surface area contributed by atoms with Crippen LogP contribution >= 0.6 is 11.6 Å². The second-order valence-electron chi connectivity index (χ2n) is 5.45. The summed E-state index contributed by atoms with van der Waals surface area (Å²) in [6.45, 7) is 2.91. The number of piperazine rings is 1. The number of halogens is 1. The smallest absolute Gasteiger partial charge is 0.243 e. The first-order valence-corrected chi connectivity index (χ1v) is 8.78. The summed E-state index contributed by atoms with van der Waals surface area (Å²) in [6, 6.07) is 6.56. The SMILES string of the molecule is N#Cc1ccc(S(=O)(=O)N2CCN3CCC[C@@H]3C2)cc1Cl. The first kappa shape index (κ1) is 14.8. The zero-order chi connectivity index (χ0) is 15.0. The molecule has 0 radical (unpaired) electrons. The summed E-state index contributed by atoms with van der Waals surface area (Å²) in [5.41, 5.74) is 0.288. The van der Waals surface area contributed by atoms with Crippen LogP contribution in [0.2, 0.25) is 5.02 Å². The molecule has 0 spiro atoms. The molecule has 1 aromatic carbocycles. The highest BCUT2D eigenvalue weighted by molar-refractivity contribution is 7.89. The van der Waals surface area contributed by atoms with Gasteiger partial charge in [0.05, 0.1) is 15.5 Å². The lowest BCUT2D eigenvalue weighted by atomic mass is 10.2. The summed E-state index contributed by atoms with van der Waals surface area (Å²) >= 11 is 5.95. The molecule has 0 aromatic heterocycles. The predicted octanol–water partition coefficient (Wildman–Crippen LogP) is 1.68. The zero-order valence-electron chi connectivity index (χ0n) is 11.5. The van der Waals surface area contributed by atoms with Gasteiger partial charge in [-0.1, -0.05) is 11.6 Å². The molecule has 0 aliphatic carbocycles. The summed E-state index contributed by atoms with van der Waals surface area (Å²) in [5, 5.41) is 9.04. The van der Waals surface area contributed by atoms with Crippen LogP contribution in [0.1, 0.15) is 18.4 Å². The van der Waals surface area contributed by atoms with Gasteiger partial charge < -0.3 is 0 Å². The van der Waals surface area contributed by atoms with E-state index >= 15 is 0 Å². The molecule has 1 aromatic rings. The topological polar surface area (TPSA) is 64.4 Å². The maximum absolute atomic E-state index is 12.7. The van der Waals surface area contributed by atoms with Crippen molar-refractivity contribution in [2.75, 3.05) is 26.2 Å². The predicted molar refractivity (Wildman–Crippen MR) is 79.5 cm³/mol. The third-order valence-corrected chi connectivity index (χ3v) is 6.42. The molecule has 0 bridgehead atoms. The van der Waals surface area contributed by atoms with Crippen LogP contribution in [0.3, 0.4) is 0 Å². The Morgan fingerprint density at radius 3 is 2.81 bits per heavy atom. The second kappa shape index (κ2) is 5.58. The Balaban J connectivity index is 1.87. The van der Waals surface area contributed by atoms with Crippen molar-refractivity contribution >= 4 is 21.6 Å². The van der Waals surface area contributed by atoms with Gasteiger partial charge in [0.2, 0.25) is 10.0 Å². The van der Waals surface area contributed by atoms with E-state index in [4.69, 9.17) is 16.9 Å². The van der Waals surface area contributed by atoms with Crippen molar-refractivity contribution in [1.29, 1.82) is 5.26 Å². The molecule has 0 saturated carbocycles. The van der Waals surface area contributed by atoms with E-state index in [0.717, 1.165) is 25.9 Å². The standard InChI is InChI=1S/C14H16ClN3O2S/c15-14-8-13(4-3-11(14)9-16)21(19,20)18-7-6-17-5-1-2-12(17)10-18/h3-4,8,12H,1-2,5-7,10H2/t12-/m1/s1. The van der Waals surface area contributed by atoms with E-state index in [9.17, 15) is 8.42 Å². The number of hydrogen-bond donors (Lipinski definition) is 0. The number of nitrogens with zero attached hydrogens (tertiary/aromatic N) is 3. The highest BCUT2D eigenvalue weighted by atomic mass is 35.5. The summed E-state index contributed by atoms with van der Waals surface area (Å²) in [7, 11) is -3.54.